The second-order valence-corrected chi connectivity index (χ2v) is 4.73. The SMILES string of the molecule is CCOC(=O)C(C)CC(C)Oc1cc(C=O)ccc1N. The van der Waals surface area contributed by atoms with Crippen molar-refractivity contribution in [3.8, 4) is 5.75 Å². The molecular weight excluding hydrogens is 258 g/mol. The fraction of sp³-hybridized carbons (Fsp3) is 0.467. The Morgan fingerprint density at radius 3 is 2.70 bits per heavy atom. The molecular formula is C15H21NO4. The molecule has 0 saturated heterocycles. The van der Waals surface area contributed by atoms with Crippen molar-refractivity contribution in [1.29, 1.82) is 0 Å². The summed E-state index contributed by atoms with van der Waals surface area (Å²) in [4.78, 5) is 22.3. The lowest BCUT2D eigenvalue weighted by molar-refractivity contribution is -0.148. The highest BCUT2D eigenvalue weighted by Gasteiger charge is 2.19. The molecule has 1 aromatic carbocycles. The first-order chi connectivity index (χ1) is 9.47. The highest BCUT2D eigenvalue weighted by Crippen LogP contribution is 2.24. The third-order valence-corrected chi connectivity index (χ3v) is 2.88. The molecule has 0 aliphatic carbocycles. The number of nitrogens with two attached hydrogens (primary N) is 1. The predicted octanol–water partition coefficient (Wildman–Crippen LogP) is 2.44. The molecule has 0 radical (unpaired) electrons. The van der Waals surface area contributed by atoms with E-state index in [-0.39, 0.29) is 18.0 Å². The highest BCUT2D eigenvalue weighted by atomic mass is 16.5. The fourth-order valence-corrected chi connectivity index (χ4v) is 1.87. The van der Waals surface area contributed by atoms with Crippen LogP contribution in [0.1, 0.15) is 37.6 Å². The van der Waals surface area contributed by atoms with Gasteiger partial charge in [0, 0.05) is 5.56 Å². The summed E-state index contributed by atoms with van der Waals surface area (Å²) < 4.78 is 10.6. The largest absolute Gasteiger partial charge is 0.489 e. The number of rotatable bonds is 7. The lowest BCUT2D eigenvalue weighted by Crippen LogP contribution is -2.23. The number of nitrogen functional groups attached to an aromatic ring is 1. The number of benzene rings is 1. The van der Waals surface area contributed by atoms with Gasteiger partial charge in [-0.05, 0) is 38.5 Å². The molecule has 1 aromatic rings. The molecule has 0 aromatic heterocycles. The van der Waals surface area contributed by atoms with Gasteiger partial charge >= 0.3 is 5.97 Å². The Hall–Kier alpha value is -2.04. The molecule has 110 valence electrons. The summed E-state index contributed by atoms with van der Waals surface area (Å²) in [6.07, 6.45) is 1.04. The number of hydrogen-bond acceptors (Lipinski definition) is 5. The van der Waals surface area contributed by atoms with Crippen molar-refractivity contribution in [3.05, 3.63) is 23.8 Å². The van der Waals surface area contributed by atoms with Gasteiger partial charge < -0.3 is 15.2 Å². The normalized spacial score (nSPS) is 13.3. The minimum absolute atomic E-state index is 0.210. The molecule has 0 fully saturated rings. The second kappa shape index (κ2) is 7.53. The van der Waals surface area contributed by atoms with Gasteiger partial charge in [0.2, 0.25) is 0 Å². The molecule has 20 heavy (non-hydrogen) atoms. The van der Waals surface area contributed by atoms with E-state index in [9.17, 15) is 9.59 Å². The fourth-order valence-electron chi connectivity index (χ4n) is 1.87. The quantitative estimate of drug-likeness (QED) is 0.471. The Labute approximate surface area is 119 Å². The van der Waals surface area contributed by atoms with E-state index in [2.05, 4.69) is 0 Å². The first kappa shape index (κ1) is 16.0. The molecule has 0 heterocycles. The molecule has 0 bridgehead atoms. The van der Waals surface area contributed by atoms with Gasteiger partial charge in [0.25, 0.3) is 0 Å². The third-order valence-electron chi connectivity index (χ3n) is 2.88. The lowest BCUT2D eigenvalue weighted by atomic mass is 10.0. The number of carbonyl (C=O) groups is 2. The summed E-state index contributed by atoms with van der Waals surface area (Å²) in [6.45, 7) is 5.79. The Balaban J connectivity index is 2.64. The van der Waals surface area contributed by atoms with Crippen molar-refractivity contribution in [2.75, 3.05) is 12.3 Å². The summed E-state index contributed by atoms with van der Waals surface area (Å²) in [6, 6.07) is 4.84. The maximum absolute atomic E-state index is 11.5. The van der Waals surface area contributed by atoms with Gasteiger partial charge in [-0.15, -0.1) is 0 Å². The first-order valence-corrected chi connectivity index (χ1v) is 6.65. The molecule has 0 aliphatic heterocycles. The smallest absolute Gasteiger partial charge is 0.308 e. The molecule has 2 atom stereocenters. The summed E-state index contributed by atoms with van der Waals surface area (Å²) in [5.74, 6) is -0.0313. The molecule has 5 heteroatoms. The maximum Gasteiger partial charge on any atom is 0.308 e. The Morgan fingerprint density at radius 1 is 1.40 bits per heavy atom. The third kappa shape index (κ3) is 4.57. The second-order valence-electron chi connectivity index (χ2n) is 4.73. The van der Waals surface area contributed by atoms with E-state index in [1.54, 1.807) is 32.0 Å². The van der Waals surface area contributed by atoms with E-state index in [1.807, 2.05) is 6.92 Å². The van der Waals surface area contributed by atoms with Gasteiger partial charge in [0.15, 0.2) is 0 Å². The highest BCUT2D eigenvalue weighted by molar-refractivity contribution is 5.77. The van der Waals surface area contributed by atoms with Crippen LogP contribution >= 0.6 is 0 Å². The van der Waals surface area contributed by atoms with Gasteiger partial charge in [-0.1, -0.05) is 6.92 Å². The van der Waals surface area contributed by atoms with Crippen molar-refractivity contribution >= 4 is 17.9 Å². The van der Waals surface area contributed by atoms with Crippen molar-refractivity contribution in [2.45, 2.75) is 33.3 Å². The van der Waals surface area contributed by atoms with Crippen LogP contribution in [0.25, 0.3) is 0 Å². The van der Waals surface area contributed by atoms with E-state index in [4.69, 9.17) is 15.2 Å². The molecule has 2 N–H and O–H groups in total. The van der Waals surface area contributed by atoms with E-state index < -0.39 is 0 Å². The summed E-state index contributed by atoms with van der Waals surface area (Å²) >= 11 is 0. The van der Waals surface area contributed by atoms with Gasteiger partial charge in [-0.25, -0.2) is 0 Å². The summed E-state index contributed by atoms with van der Waals surface area (Å²) in [5, 5.41) is 0. The van der Waals surface area contributed by atoms with Crippen LogP contribution in [0.15, 0.2) is 18.2 Å². The van der Waals surface area contributed by atoms with Crippen LogP contribution in [-0.2, 0) is 9.53 Å². The number of ether oxygens (including phenoxy) is 2. The average molecular weight is 279 g/mol. The number of anilines is 1. The molecule has 1 rings (SSSR count). The molecule has 0 saturated carbocycles. The average Bonchev–Trinajstić information content (AvgIpc) is 2.41. The minimum atomic E-state index is -0.250. The molecule has 0 aliphatic rings. The van der Waals surface area contributed by atoms with Crippen LogP contribution in [0.4, 0.5) is 5.69 Å². The zero-order valence-electron chi connectivity index (χ0n) is 12.1. The van der Waals surface area contributed by atoms with E-state index in [0.717, 1.165) is 6.29 Å². The Morgan fingerprint density at radius 2 is 2.10 bits per heavy atom. The van der Waals surface area contributed by atoms with Crippen LogP contribution in [0.3, 0.4) is 0 Å². The van der Waals surface area contributed by atoms with Gasteiger partial charge in [-0.2, -0.15) is 0 Å². The Kier molecular flexibility index (Phi) is 6.03. The van der Waals surface area contributed by atoms with Crippen LogP contribution in [0.2, 0.25) is 0 Å². The van der Waals surface area contributed by atoms with Gasteiger partial charge in [0.05, 0.1) is 24.3 Å². The van der Waals surface area contributed by atoms with E-state index in [0.29, 0.717) is 30.0 Å². The van der Waals surface area contributed by atoms with Gasteiger partial charge in [-0.3, -0.25) is 9.59 Å². The molecule has 0 amide bonds. The summed E-state index contributed by atoms with van der Waals surface area (Å²) in [7, 11) is 0. The zero-order valence-corrected chi connectivity index (χ0v) is 12.1. The van der Waals surface area contributed by atoms with Crippen molar-refractivity contribution in [1.82, 2.24) is 0 Å². The van der Waals surface area contributed by atoms with Crippen LogP contribution < -0.4 is 10.5 Å². The first-order valence-electron chi connectivity index (χ1n) is 6.65. The zero-order chi connectivity index (χ0) is 15.1. The van der Waals surface area contributed by atoms with Crippen LogP contribution in [0, 0.1) is 5.92 Å². The standard InChI is InChI=1S/C15H21NO4/c1-4-19-15(18)10(2)7-11(3)20-14-8-12(9-17)5-6-13(14)16/h5-6,8-11H,4,7,16H2,1-3H3. The topological polar surface area (TPSA) is 78.6 Å². The summed E-state index contributed by atoms with van der Waals surface area (Å²) in [5.41, 5.74) is 6.76. The Bertz CT molecular complexity index is 473. The lowest BCUT2D eigenvalue weighted by Gasteiger charge is -2.19. The van der Waals surface area contributed by atoms with Crippen LogP contribution in [0.5, 0.6) is 5.75 Å². The minimum Gasteiger partial charge on any atom is -0.489 e. The number of carbonyl (C=O) groups excluding carboxylic acids is 2. The monoisotopic (exact) mass is 279 g/mol. The maximum atomic E-state index is 11.5. The van der Waals surface area contributed by atoms with Crippen LogP contribution in [-0.4, -0.2) is 25.0 Å². The molecule has 2 unspecified atom stereocenters. The van der Waals surface area contributed by atoms with E-state index in [1.165, 1.54) is 0 Å². The molecule has 0 spiro atoms. The van der Waals surface area contributed by atoms with E-state index >= 15 is 0 Å². The number of aldehydes is 1. The molecule has 5 nitrogen and oxygen atoms in total. The number of esters is 1. The van der Waals surface area contributed by atoms with Crippen molar-refractivity contribution in [2.24, 2.45) is 5.92 Å². The predicted molar refractivity (Wildman–Crippen MR) is 76.7 cm³/mol. The van der Waals surface area contributed by atoms with Crippen molar-refractivity contribution < 1.29 is 19.1 Å². The van der Waals surface area contributed by atoms with Gasteiger partial charge in [0.1, 0.15) is 12.0 Å². The number of hydrogen-bond donors (Lipinski definition) is 1. The van der Waals surface area contributed by atoms with Crippen molar-refractivity contribution in [3.63, 3.8) is 0 Å².